The van der Waals surface area contributed by atoms with Crippen LogP contribution in [0.1, 0.15) is 12.1 Å². The van der Waals surface area contributed by atoms with E-state index in [1.54, 1.807) is 6.07 Å². The molecule has 1 aromatic heterocycles. The van der Waals surface area contributed by atoms with Crippen LogP contribution in [0.15, 0.2) is 36.4 Å². The van der Waals surface area contributed by atoms with Gasteiger partial charge in [0.2, 0.25) is 0 Å². The summed E-state index contributed by atoms with van der Waals surface area (Å²) in [5, 5.41) is 11.6. The Kier molecular flexibility index (Phi) is 2.94. The van der Waals surface area contributed by atoms with Crippen molar-refractivity contribution in [1.29, 1.82) is 0 Å². The molecule has 1 N–H and O–H groups in total. The summed E-state index contributed by atoms with van der Waals surface area (Å²) in [6, 6.07) is 8.43. The van der Waals surface area contributed by atoms with Crippen molar-refractivity contribution in [3.63, 3.8) is 0 Å². The molecule has 1 aliphatic heterocycles. The zero-order valence-electron chi connectivity index (χ0n) is 9.86. The molecule has 0 atom stereocenters. The first-order chi connectivity index (χ1) is 8.83. The first-order valence-electron chi connectivity index (χ1n) is 5.97. The summed E-state index contributed by atoms with van der Waals surface area (Å²) in [7, 11) is 0. The van der Waals surface area contributed by atoms with E-state index in [9.17, 15) is 4.39 Å². The first-order valence-corrected chi connectivity index (χ1v) is 5.97. The van der Waals surface area contributed by atoms with Crippen molar-refractivity contribution in [3.8, 4) is 11.3 Å². The lowest BCUT2D eigenvalue weighted by Crippen LogP contribution is -2.14. The second kappa shape index (κ2) is 4.74. The Labute approximate surface area is 105 Å². The Hall–Kier alpha value is -1.94. The maximum atomic E-state index is 13.2. The Morgan fingerprint density at radius 3 is 2.94 bits per heavy atom. The maximum absolute atomic E-state index is 13.2. The first kappa shape index (κ1) is 11.2. The molecule has 0 saturated heterocycles. The van der Waals surface area contributed by atoms with Gasteiger partial charge in [-0.3, -0.25) is 5.10 Å². The SMILES string of the molecule is Fc1cccc(-c2cc(C3=CCC[N]C3)n[nH]2)c1. The van der Waals surface area contributed by atoms with Gasteiger partial charge in [-0.1, -0.05) is 18.2 Å². The molecule has 2 heterocycles. The smallest absolute Gasteiger partial charge is 0.123 e. The highest BCUT2D eigenvalue weighted by Crippen LogP contribution is 2.22. The van der Waals surface area contributed by atoms with E-state index in [4.69, 9.17) is 0 Å². The third-order valence-corrected chi connectivity index (χ3v) is 3.00. The third kappa shape index (κ3) is 2.19. The molecule has 1 radical (unpaired) electrons. The van der Waals surface area contributed by atoms with Gasteiger partial charge in [0.05, 0.1) is 11.4 Å². The van der Waals surface area contributed by atoms with Crippen LogP contribution in [0, 0.1) is 5.82 Å². The van der Waals surface area contributed by atoms with E-state index in [0.717, 1.165) is 35.5 Å². The summed E-state index contributed by atoms with van der Waals surface area (Å²) in [5.41, 5.74) is 3.68. The Morgan fingerprint density at radius 1 is 1.22 bits per heavy atom. The summed E-state index contributed by atoms with van der Waals surface area (Å²) in [4.78, 5) is 0. The molecule has 18 heavy (non-hydrogen) atoms. The van der Waals surface area contributed by atoms with Crippen molar-refractivity contribution in [2.45, 2.75) is 6.42 Å². The number of aromatic nitrogens is 2. The molecular formula is C14H13FN3. The van der Waals surface area contributed by atoms with Gasteiger partial charge in [0.1, 0.15) is 5.82 Å². The number of hydrogen-bond acceptors (Lipinski definition) is 1. The van der Waals surface area contributed by atoms with Gasteiger partial charge in [0.25, 0.3) is 0 Å². The summed E-state index contributed by atoms with van der Waals surface area (Å²) in [6.45, 7) is 1.61. The number of hydrogen-bond donors (Lipinski definition) is 1. The molecule has 1 aromatic carbocycles. The predicted octanol–water partition coefficient (Wildman–Crippen LogP) is 2.61. The highest BCUT2D eigenvalue weighted by atomic mass is 19.1. The van der Waals surface area contributed by atoms with Crippen LogP contribution in [0.3, 0.4) is 0 Å². The molecule has 0 amide bonds. The topological polar surface area (TPSA) is 42.8 Å². The van der Waals surface area contributed by atoms with Crippen LogP contribution in [0.2, 0.25) is 0 Å². The minimum Gasteiger partial charge on any atom is -0.277 e. The molecule has 3 nitrogen and oxygen atoms in total. The summed E-state index contributed by atoms with van der Waals surface area (Å²) < 4.78 is 13.2. The van der Waals surface area contributed by atoms with Crippen LogP contribution in [0.5, 0.6) is 0 Å². The lowest BCUT2D eigenvalue weighted by atomic mass is 10.1. The molecule has 0 fully saturated rings. The van der Waals surface area contributed by atoms with Gasteiger partial charge in [0, 0.05) is 18.7 Å². The maximum Gasteiger partial charge on any atom is 0.123 e. The van der Waals surface area contributed by atoms with Gasteiger partial charge >= 0.3 is 0 Å². The average Bonchev–Trinajstić information content (AvgIpc) is 2.89. The zero-order valence-corrected chi connectivity index (χ0v) is 9.86. The Morgan fingerprint density at radius 2 is 2.17 bits per heavy atom. The minimum absolute atomic E-state index is 0.240. The predicted molar refractivity (Wildman–Crippen MR) is 68.4 cm³/mol. The number of nitrogens with zero attached hydrogens (tertiary/aromatic N) is 2. The standard InChI is InChI=1S/C14H13FN3/c15-12-5-1-3-10(7-12)13-8-14(18-17-13)11-4-2-6-16-9-11/h1,3-5,7-8H,2,6,9H2,(H,17,18). The van der Waals surface area contributed by atoms with Crippen LogP contribution >= 0.6 is 0 Å². The molecule has 1 aliphatic rings. The number of nitrogens with one attached hydrogen (secondary N) is 1. The molecule has 0 saturated carbocycles. The van der Waals surface area contributed by atoms with Crippen LogP contribution in [0.25, 0.3) is 16.8 Å². The summed E-state index contributed by atoms with van der Waals surface area (Å²) >= 11 is 0. The number of rotatable bonds is 2. The van der Waals surface area contributed by atoms with E-state index in [1.165, 1.54) is 12.1 Å². The molecule has 0 bridgehead atoms. The largest absolute Gasteiger partial charge is 0.277 e. The van der Waals surface area contributed by atoms with Crippen LogP contribution < -0.4 is 5.32 Å². The Balaban J connectivity index is 1.91. The van der Waals surface area contributed by atoms with Crippen molar-refractivity contribution in [2.75, 3.05) is 13.1 Å². The van der Waals surface area contributed by atoms with E-state index in [2.05, 4.69) is 21.6 Å². The normalized spacial score (nSPS) is 15.5. The molecule has 2 aromatic rings. The molecule has 3 rings (SSSR count). The number of H-pyrrole nitrogens is 1. The molecule has 0 unspecified atom stereocenters. The van der Waals surface area contributed by atoms with Gasteiger partial charge in [-0.25, -0.2) is 9.71 Å². The number of benzene rings is 1. The van der Waals surface area contributed by atoms with Gasteiger partial charge in [-0.2, -0.15) is 5.10 Å². The third-order valence-electron chi connectivity index (χ3n) is 3.00. The van der Waals surface area contributed by atoms with Crippen molar-refractivity contribution >= 4 is 5.57 Å². The van der Waals surface area contributed by atoms with E-state index >= 15 is 0 Å². The minimum atomic E-state index is -0.240. The quantitative estimate of drug-likeness (QED) is 0.864. The lowest BCUT2D eigenvalue weighted by molar-refractivity contribution is 0.628. The summed E-state index contributed by atoms with van der Waals surface area (Å²) in [5.74, 6) is -0.240. The van der Waals surface area contributed by atoms with Gasteiger partial charge < -0.3 is 0 Å². The number of aromatic amines is 1. The summed E-state index contributed by atoms with van der Waals surface area (Å²) in [6.07, 6.45) is 3.13. The van der Waals surface area contributed by atoms with Gasteiger partial charge in [-0.15, -0.1) is 0 Å². The monoisotopic (exact) mass is 242 g/mol. The van der Waals surface area contributed by atoms with E-state index < -0.39 is 0 Å². The van der Waals surface area contributed by atoms with Crippen molar-refractivity contribution < 1.29 is 4.39 Å². The van der Waals surface area contributed by atoms with Crippen LogP contribution in [0.4, 0.5) is 4.39 Å². The Bertz CT molecular complexity index is 586. The van der Waals surface area contributed by atoms with Gasteiger partial charge in [-0.05, 0) is 30.2 Å². The van der Waals surface area contributed by atoms with Crippen molar-refractivity contribution in [1.82, 2.24) is 15.5 Å². The van der Waals surface area contributed by atoms with Crippen LogP contribution in [-0.4, -0.2) is 23.3 Å². The van der Waals surface area contributed by atoms with Crippen LogP contribution in [-0.2, 0) is 0 Å². The zero-order chi connectivity index (χ0) is 12.4. The highest BCUT2D eigenvalue weighted by Gasteiger charge is 2.11. The van der Waals surface area contributed by atoms with E-state index in [-0.39, 0.29) is 5.82 Å². The molecule has 0 aliphatic carbocycles. The second-order valence-electron chi connectivity index (χ2n) is 4.30. The fraction of sp³-hybridized carbons (Fsp3) is 0.214. The van der Waals surface area contributed by atoms with Crippen molar-refractivity contribution in [2.24, 2.45) is 0 Å². The van der Waals surface area contributed by atoms with E-state index in [0.29, 0.717) is 6.54 Å². The molecule has 4 heteroatoms. The van der Waals surface area contributed by atoms with Crippen molar-refractivity contribution in [3.05, 3.63) is 47.9 Å². The fourth-order valence-corrected chi connectivity index (χ4v) is 2.07. The fourth-order valence-electron chi connectivity index (χ4n) is 2.07. The molecule has 0 spiro atoms. The van der Waals surface area contributed by atoms with Gasteiger partial charge in [0.15, 0.2) is 0 Å². The molecule has 91 valence electrons. The second-order valence-corrected chi connectivity index (χ2v) is 4.30. The average molecular weight is 242 g/mol. The van der Waals surface area contributed by atoms with E-state index in [1.807, 2.05) is 12.1 Å². The number of halogens is 1. The highest BCUT2D eigenvalue weighted by molar-refractivity contribution is 5.69. The molecular weight excluding hydrogens is 229 g/mol. The lowest BCUT2D eigenvalue weighted by Gasteiger charge is -2.09.